The maximum Gasteiger partial charge on any atom is 0.132 e. The minimum Gasteiger partial charge on any atom is -0.497 e. The van der Waals surface area contributed by atoms with Gasteiger partial charge < -0.3 is 4.74 Å². The van der Waals surface area contributed by atoms with Crippen LogP contribution in [-0.4, -0.2) is 7.11 Å². The molecule has 0 spiro atoms. The SMILES string of the molecule is CCc1ccccc1C(NN)c1ccc(OC)cc1F. The third-order valence-electron chi connectivity index (χ3n) is 3.43. The molecule has 4 heteroatoms. The largest absolute Gasteiger partial charge is 0.497 e. The van der Waals surface area contributed by atoms with Crippen LogP contribution in [0.1, 0.15) is 29.7 Å². The van der Waals surface area contributed by atoms with Gasteiger partial charge in [0.2, 0.25) is 0 Å². The Morgan fingerprint density at radius 1 is 1.20 bits per heavy atom. The van der Waals surface area contributed by atoms with Crippen molar-refractivity contribution >= 4 is 0 Å². The summed E-state index contributed by atoms with van der Waals surface area (Å²) in [6.45, 7) is 2.07. The predicted molar refractivity (Wildman–Crippen MR) is 77.9 cm³/mol. The first-order valence-corrected chi connectivity index (χ1v) is 6.58. The number of benzene rings is 2. The van der Waals surface area contributed by atoms with Gasteiger partial charge >= 0.3 is 0 Å². The number of aryl methyl sites for hydroxylation is 1. The highest BCUT2D eigenvalue weighted by atomic mass is 19.1. The first kappa shape index (κ1) is 14.5. The standard InChI is InChI=1S/C16H19FN2O/c1-3-11-6-4-5-7-13(11)16(19-18)14-9-8-12(20-2)10-15(14)17/h4-10,16,19H,3,18H2,1-2H3. The molecular formula is C16H19FN2O. The number of nitrogens with two attached hydrogens (primary N) is 1. The van der Waals surface area contributed by atoms with Gasteiger partial charge in [0.1, 0.15) is 11.6 Å². The Morgan fingerprint density at radius 2 is 1.95 bits per heavy atom. The molecule has 2 rings (SSSR count). The molecule has 0 heterocycles. The fourth-order valence-electron chi connectivity index (χ4n) is 2.35. The van der Waals surface area contributed by atoms with Gasteiger partial charge in [0.15, 0.2) is 0 Å². The quantitative estimate of drug-likeness (QED) is 0.651. The number of methoxy groups -OCH3 is 1. The molecule has 0 aliphatic rings. The second kappa shape index (κ2) is 6.50. The van der Waals surface area contributed by atoms with Crippen molar-refractivity contribution in [3.05, 3.63) is 65.0 Å². The van der Waals surface area contributed by atoms with E-state index in [0.717, 1.165) is 17.5 Å². The summed E-state index contributed by atoms with van der Waals surface area (Å²) in [6, 6.07) is 12.3. The molecule has 106 valence electrons. The lowest BCUT2D eigenvalue weighted by molar-refractivity contribution is 0.410. The van der Waals surface area contributed by atoms with Gasteiger partial charge in [-0.3, -0.25) is 5.84 Å². The van der Waals surface area contributed by atoms with Crippen LogP contribution in [0.25, 0.3) is 0 Å². The highest BCUT2D eigenvalue weighted by molar-refractivity contribution is 5.40. The Bertz CT molecular complexity index is 586. The summed E-state index contributed by atoms with van der Waals surface area (Å²) in [5.74, 6) is 5.81. The number of rotatable bonds is 5. The molecule has 3 nitrogen and oxygen atoms in total. The molecule has 0 radical (unpaired) electrons. The van der Waals surface area contributed by atoms with E-state index in [2.05, 4.69) is 12.3 Å². The van der Waals surface area contributed by atoms with Crippen LogP contribution in [0.2, 0.25) is 0 Å². The molecule has 2 aromatic rings. The van der Waals surface area contributed by atoms with Crippen LogP contribution < -0.4 is 16.0 Å². The smallest absolute Gasteiger partial charge is 0.132 e. The number of ether oxygens (including phenoxy) is 1. The number of nitrogens with one attached hydrogen (secondary N) is 1. The van der Waals surface area contributed by atoms with Crippen molar-refractivity contribution in [1.82, 2.24) is 5.43 Å². The highest BCUT2D eigenvalue weighted by Gasteiger charge is 2.19. The molecule has 0 bridgehead atoms. The Morgan fingerprint density at radius 3 is 2.55 bits per heavy atom. The van der Waals surface area contributed by atoms with Crippen LogP contribution in [0.15, 0.2) is 42.5 Å². The monoisotopic (exact) mass is 274 g/mol. The van der Waals surface area contributed by atoms with Gasteiger partial charge in [0, 0.05) is 11.6 Å². The topological polar surface area (TPSA) is 47.3 Å². The Kier molecular flexibility index (Phi) is 4.71. The zero-order valence-electron chi connectivity index (χ0n) is 11.7. The molecule has 0 aliphatic heterocycles. The summed E-state index contributed by atoms with van der Waals surface area (Å²) in [4.78, 5) is 0. The van der Waals surface area contributed by atoms with E-state index >= 15 is 0 Å². The van der Waals surface area contributed by atoms with Crippen molar-refractivity contribution in [2.45, 2.75) is 19.4 Å². The fraction of sp³-hybridized carbons (Fsp3) is 0.250. The van der Waals surface area contributed by atoms with Crippen LogP contribution in [0, 0.1) is 5.82 Å². The molecule has 0 fully saturated rings. The van der Waals surface area contributed by atoms with E-state index in [0.29, 0.717) is 11.3 Å². The van der Waals surface area contributed by atoms with Crippen LogP contribution in [0.5, 0.6) is 5.75 Å². The molecule has 0 saturated carbocycles. The number of hydrazine groups is 1. The summed E-state index contributed by atoms with van der Waals surface area (Å²) < 4.78 is 19.2. The van der Waals surface area contributed by atoms with Gasteiger partial charge in [-0.2, -0.15) is 0 Å². The first-order valence-electron chi connectivity index (χ1n) is 6.58. The molecule has 0 amide bonds. The summed E-state index contributed by atoms with van der Waals surface area (Å²) in [6.07, 6.45) is 0.867. The molecule has 20 heavy (non-hydrogen) atoms. The molecule has 0 saturated heterocycles. The van der Waals surface area contributed by atoms with Gasteiger partial charge in [-0.25, -0.2) is 9.82 Å². The third kappa shape index (κ3) is 2.81. The summed E-state index contributed by atoms with van der Waals surface area (Å²) in [7, 11) is 1.51. The molecule has 0 aromatic heterocycles. The maximum absolute atomic E-state index is 14.2. The molecule has 1 unspecified atom stereocenters. The summed E-state index contributed by atoms with van der Waals surface area (Å²) >= 11 is 0. The molecule has 3 N–H and O–H groups in total. The lowest BCUT2D eigenvalue weighted by Gasteiger charge is -2.20. The van der Waals surface area contributed by atoms with Crippen molar-refractivity contribution < 1.29 is 9.13 Å². The van der Waals surface area contributed by atoms with Crippen molar-refractivity contribution in [2.75, 3.05) is 7.11 Å². The van der Waals surface area contributed by atoms with Gasteiger partial charge in [0.05, 0.1) is 13.2 Å². The maximum atomic E-state index is 14.2. The van der Waals surface area contributed by atoms with E-state index in [4.69, 9.17) is 10.6 Å². The minimum atomic E-state index is -0.378. The lowest BCUT2D eigenvalue weighted by Crippen LogP contribution is -2.30. The average Bonchev–Trinajstić information content (AvgIpc) is 2.50. The molecule has 0 aliphatic carbocycles. The van der Waals surface area contributed by atoms with E-state index < -0.39 is 0 Å². The van der Waals surface area contributed by atoms with Gasteiger partial charge in [-0.05, 0) is 23.6 Å². The van der Waals surface area contributed by atoms with Crippen LogP contribution in [0.3, 0.4) is 0 Å². The van der Waals surface area contributed by atoms with Crippen molar-refractivity contribution in [2.24, 2.45) is 5.84 Å². The van der Waals surface area contributed by atoms with Crippen LogP contribution in [0.4, 0.5) is 4.39 Å². The van der Waals surface area contributed by atoms with Crippen LogP contribution >= 0.6 is 0 Å². The zero-order valence-corrected chi connectivity index (χ0v) is 11.7. The third-order valence-corrected chi connectivity index (χ3v) is 3.43. The average molecular weight is 274 g/mol. The van der Waals surface area contributed by atoms with E-state index in [-0.39, 0.29) is 11.9 Å². The summed E-state index contributed by atoms with van der Waals surface area (Å²) in [5.41, 5.74) is 5.35. The predicted octanol–water partition coefficient (Wildman–Crippen LogP) is 2.95. The highest BCUT2D eigenvalue weighted by Crippen LogP contribution is 2.28. The van der Waals surface area contributed by atoms with E-state index in [1.165, 1.54) is 13.2 Å². The second-order valence-electron chi connectivity index (χ2n) is 4.54. The Labute approximate surface area is 118 Å². The Balaban J connectivity index is 2.47. The zero-order chi connectivity index (χ0) is 14.5. The van der Waals surface area contributed by atoms with Gasteiger partial charge in [-0.1, -0.05) is 37.3 Å². The van der Waals surface area contributed by atoms with E-state index in [9.17, 15) is 4.39 Å². The lowest BCUT2D eigenvalue weighted by atomic mass is 9.93. The van der Waals surface area contributed by atoms with Crippen molar-refractivity contribution in [3.8, 4) is 5.75 Å². The minimum absolute atomic E-state index is 0.335. The van der Waals surface area contributed by atoms with E-state index in [1.807, 2.05) is 24.3 Å². The van der Waals surface area contributed by atoms with E-state index in [1.54, 1.807) is 12.1 Å². The second-order valence-corrected chi connectivity index (χ2v) is 4.54. The van der Waals surface area contributed by atoms with Crippen molar-refractivity contribution in [1.29, 1.82) is 0 Å². The molecular weight excluding hydrogens is 255 g/mol. The number of halogens is 1. The summed E-state index contributed by atoms with van der Waals surface area (Å²) in [5, 5.41) is 0. The molecule has 1 atom stereocenters. The Hall–Kier alpha value is -1.91. The van der Waals surface area contributed by atoms with Gasteiger partial charge in [0.25, 0.3) is 0 Å². The first-order chi connectivity index (χ1) is 9.71. The number of hydrogen-bond donors (Lipinski definition) is 2. The van der Waals surface area contributed by atoms with Crippen molar-refractivity contribution in [3.63, 3.8) is 0 Å². The van der Waals surface area contributed by atoms with Crippen LogP contribution in [-0.2, 0) is 6.42 Å². The number of hydrogen-bond acceptors (Lipinski definition) is 3. The normalized spacial score (nSPS) is 12.2. The molecule has 2 aromatic carbocycles. The fourth-order valence-corrected chi connectivity index (χ4v) is 2.35. The van der Waals surface area contributed by atoms with Gasteiger partial charge in [-0.15, -0.1) is 0 Å².